The number of carbonyl (C=O) groups is 2. The lowest BCUT2D eigenvalue weighted by atomic mass is 9.85. The summed E-state index contributed by atoms with van der Waals surface area (Å²) in [5.74, 6) is -0.503. The van der Waals surface area contributed by atoms with Crippen molar-refractivity contribution in [3.05, 3.63) is 0 Å². The molecule has 3 unspecified atom stereocenters. The van der Waals surface area contributed by atoms with E-state index in [0.717, 1.165) is 25.7 Å². The van der Waals surface area contributed by atoms with Gasteiger partial charge in [0, 0.05) is 19.6 Å². The van der Waals surface area contributed by atoms with Crippen LogP contribution in [0.3, 0.4) is 0 Å². The van der Waals surface area contributed by atoms with Gasteiger partial charge in [-0.1, -0.05) is 12.8 Å². The van der Waals surface area contributed by atoms with E-state index in [4.69, 9.17) is 5.26 Å². The molecule has 1 saturated heterocycles. The Hall–Kier alpha value is -1.61. The molecule has 0 radical (unpaired) electrons. The number of fused-ring (bicyclic) bond motifs is 1. The van der Waals surface area contributed by atoms with Gasteiger partial charge in [-0.2, -0.15) is 5.26 Å². The first-order valence-corrected chi connectivity index (χ1v) is 7.64. The largest absolute Gasteiger partial charge is 0.480 e. The molecule has 0 aromatic heterocycles. The molecule has 3 atom stereocenters. The van der Waals surface area contributed by atoms with E-state index in [0.29, 0.717) is 25.3 Å². The summed E-state index contributed by atoms with van der Waals surface area (Å²) in [5, 5.41) is 18.0. The van der Waals surface area contributed by atoms with Gasteiger partial charge in [0.05, 0.1) is 19.0 Å². The number of carboxylic acids is 1. The van der Waals surface area contributed by atoms with E-state index in [-0.39, 0.29) is 18.5 Å². The fourth-order valence-electron chi connectivity index (χ4n) is 3.64. The van der Waals surface area contributed by atoms with Crippen molar-refractivity contribution in [1.29, 1.82) is 5.26 Å². The second kappa shape index (κ2) is 6.90. The highest BCUT2D eigenvalue weighted by atomic mass is 16.4. The summed E-state index contributed by atoms with van der Waals surface area (Å²) in [5.41, 5.74) is 0. The molecule has 116 valence electrons. The van der Waals surface area contributed by atoms with Crippen LogP contribution in [0.5, 0.6) is 0 Å². The molecule has 0 spiro atoms. The van der Waals surface area contributed by atoms with Crippen LogP contribution in [-0.2, 0) is 9.59 Å². The number of aliphatic carboxylic acids is 1. The van der Waals surface area contributed by atoms with E-state index in [9.17, 15) is 14.7 Å². The zero-order valence-electron chi connectivity index (χ0n) is 12.5. The highest BCUT2D eigenvalue weighted by Crippen LogP contribution is 2.39. The van der Waals surface area contributed by atoms with Gasteiger partial charge in [0.25, 0.3) is 0 Å². The third-order valence-electron chi connectivity index (χ3n) is 4.81. The van der Waals surface area contributed by atoms with Gasteiger partial charge < -0.3 is 10.0 Å². The molecule has 1 heterocycles. The van der Waals surface area contributed by atoms with Crippen LogP contribution in [0.1, 0.15) is 38.5 Å². The van der Waals surface area contributed by atoms with Gasteiger partial charge in [-0.05, 0) is 25.2 Å². The molecule has 1 saturated carbocycles. The third kappa shape index (κ3) is 3.53. The number of likely N-dealkylation sites (N-methyl/N-ethyl adjacent to an activating group) is 1. The van der Waals surface area contributed by atoms with Crippen molar-refractivity contribution in [3.63, 3.8) is 0 Å². The van der Waals surface area contributed by atoms with Crippen molar-refractivity contribution in [2.24, 2.45) is 5.92 Å². The maximum atomic E-state index is 12.2. The van der Waals surface area contributed by atoms with Crippen LogP contribution < -0.4 is 0 Å². The first-order chi connectivity index (χ1) is 10.0. The van der Waals surface area contributed by atoms with Crippen molar-refractivity contribution in [2.45, 2.75) is 50.6 Å². The van der Waals surface area contributed by atoms with E-state index in [1.165, 1.54) is 4.90 Å². The first-order valence-electron chi connectivity index (χ1n) is 7.64. The molecule has 6 heteroatoms. The summed E-state index contributed by atoms with van der Waals surface area (Å²) >= 11 is 0. The number of carbonyl (C=O) groups excluding carboxylic acids is 1. The molecule has 2 aliphatic rings. The number of rotatable bonds is 5. The number of hydrogen-bond donors (Lipinski definition) is 1. The van der Waals surface area contributed by atoms with E-state index in [1.807, 2.05) is 11.0 Å². The number of amides is 1. The predicted octanol–water partition coefficient (Wildman–Crippen LogP) is 1.08. The Labute approximate surface area is 125 Å². The quantitative estimate of drug-likeness (QED) is 0.819. The molecule has 0 aromatic rings. The van der Waals surface area contributed by atoms with Gasteiger partial charge in [0.15, 0.2) is 0 Å². The van der Waals surface area contributed by atoms with Crippen LogP contribution in [0, 0.1) is 17.2 Å². The van der Waals surface area contributed by atoms with Gasteiger partial charge in [-0.25, -0.2) is 0 Å². The summed E-state index contributed by atoms with van der Waals surface area (Å²) in [6.07, 6.45) is 5.30. The maximum absolute atomic E-state index is 12.2. The summed E-state index contributed by atoms with van der Waals surface area (Å²) in [4.78, 5) is 27.1. The molecule has 0 aromatic carbocycles. The Morgan fingerprint density at radius 2 is 2.10 bits per heavy atom. The number of carboxylic acid groups (broad SMARTS) is 1. The average Bonchev–Trinajstić information content (AvgIpc) is 2.84. The minimum absolute atomic E-state index is 0.0947. The van der Waals surface area contributed by atoms with Gasteiger partial charge in [-0.15, -0.1) is 0 Å². The molecule has 1 N–H and O–H groups in total. The standard InChI is InChI=1S/C15H23N3O3/c1-17(8-4-7-16)14(19)10-18-12-6-3-2-5-11(12)9-13(18)15(20)21/h11-13H,2-6,8-10H2,1H3,(H,20,21). The fraction of sp³-hybridized carbons (Fsp3) is 0.800. The third-order valence-corrected chi connectivity index (χ3v) is 4.81. The Kier molecular flexibility index (Phi) is 5.18. The lowest BCUT2D eigenvalue weighted by Gasteiger charge is -2.33. The Morgan fingerprint density at radius 1 is 1.38 bits per heavy atom. The Balaban J connectivity index is 2.02. The van der Waals surface area contributed by atoms with Crippen LogP contribution in [0.25, 0.3) is 0 Å². The highest BCUT2D eigenvalue weighted by molar-refractivity contribution is 5.80. The van der Waals surface area contributed by atoms with E-state index in [2.05, 4.69) is 0 Å². The van der Waals surface area contributed by atoms with Crippen molar-refractivity contribution in [2.75, 3.05) is 20.1 Å². The van der Waals surface area contributed by atoms with E-state index >= 15 is 0 Å². The lowest BCUT2D eigenvalue weighted by Crippen LogP contribution is -2.48. The topological polar surface area (TPSA) is 84.6 Å². The molecule has 1 aliphatic carbocycles. The molecule has 1 aliphatic heterocycles. The van der Waals surface area contributed by atoms with Crippen molar-refractivity contribution >= 4 is 11.9 Å². The van der Waals surface area contributed by atoms with Crippen LogP contribution >= 0.6 is 0 Å². The zero-order valence-corrected chi connectivity index (χ0v) is 12.5. The molecule has 2 fully saturated rings. The molecule has 2 rings (SSSR count). The monoisotopic (exact) mass is 293 g/mol. The van der Waals surface area contributed by atoms with Crippen LogP contribution in [0.4, 0.5) is 0 Å². The first kappa shape index (κ1) is 15.8. The average molecular weight is 293 g/mol. The van der Waals surface area contributed by atoms with Gasteiger partial charge >= 0.3 is 5.97 Å². The van der Waals surface area contributed by atoms with E-state index in [1.54, 1.807) is 7.05 Å². The summed E-state index contributed by atoms with van der Waals surface area (Å²) in [6.45, 7) is 0.551. The highest BCUT2D eigenvalue weighted by Gasteiger charge is 2.45. The Bertz CT molecular complexity index is 446. The second-order valence-corrected chi connectivity index (χ2v) is 6.10. The van der Waals surface area contributed by atoms with Gasteiger partial charge in [0.1, 0.15) is 6.04 Å². The second-order valence-electron chi connectivity index (χ2n) is 6.10. The predicted molar refractivity (Wildman–Crippen MR) is 76.4 cm³/mol. The van der Waals surface area contributed by atoms with Crippen molar-refractivity contribution in [1.82, 2.24) is 9.80 Å². The normalized spacial score (nSPS) is 28.7. The van der Waals surface area contributed by atoms with Gasteiger partial charge in [0.2, 0.25) is 5.91 Å². The van der Waals surface area contributed by atoms with Crippen LogP contribution in [-0.4, -0.2) is 59.0 Å². The van der Waals surface area contributed by atoms with Crippen molar-refractivity contribution < 1.29 is 14.7 Å². The Morgan fingerprint density at radius 3 is 2.76 bits per heavy atom. The van der Waals surface area contributed by atoms with Crippen molar-refractivity contribution in [3.8, 4) is 6.07 Å². The van der Waals surface area contributed by atoms with Gasteiger partial charge in [-0.3, -0.25) is 14.5 Å². The zero-order chi connectivity index (χ0) is 15.4. The molecular formula is C15H23N3O3. The number of hydrogen-bond acceptors (Lipinski definition) is 4. The minimum atomic E-state index is -0.822. The number of likely N-dealkylation sites (tertiary alicyclic amines) is 1. The summed E-state index contributed by atoms with van der Waals surface area (Å²) < 4.78 is 0. The van der Waals surface area contributed by atoms with Crippen LogP contribution in [0.15, 0.2) is 0 Å². The number of nitrogens with zero attached hydrogens (tertiary/aromatic N) is 3. The molecule has 1 amide bonds. The molecule has 6 nitrogen and oxygen atoms in total. The maximum Gasteiger partial charge on any atom is 0.320 e. The molecule has 21 heavy (non-hydrogen) atoms. The smallest absolute Gasteiger partial charge is 0.320 e. The lowest BCUT2D eigenvalue weighted by molar-refractivity contribution is -0.144. The fourth-order valence-corrected chi connectivity index (χ4v) is 3.64. The molecular weight excluding hydrogens is 270 g/mol. The minimum Gasteiger partial charge on any atom is -0.480 e. The summed E-state index contributed by atoms with van der Waals surface area (Å²) in [7, 11) is 1.67. The SMILES string of the molecule is CN(CCC#N)C(=O)CN1C(C(=O)O)CC2CCCCC21. The van der Waals surface area contributed by atoms with Crippen LogP contribution in [0.2, 0.25) is 0 Å². The van der Waals surface area contributed by atoms with E-state index < -0.39 is 12.0 Å². The summed E-state index contributed by atoms with van der Waals surface area (Å²) in [6, 6.07) is 1.71. The number of nitriles is 1. The molecule has 0 bridgehead atoms.